The zero-order valence-electron chi connectivity index (χ0n) is 9.41. The Hall–Kier alpha value is -0.940. The van der Waals surface area contributed by atoms with Crippen molar-refractivity contribution in [2.24, 2.45) is 0 Å². The molecule has 0 radical (unpaired) electrons. The topological polar surface area (TPSA) is 47.0 Å². The van der Waals surface area contributed by atoms with Crippen LogP contribution in [-0.2, 0) is 24.1 Å². The number of ether oxygens (including phenoxy) is 1. The molecule has 0 spiro atoms. The standard InChI is InChI=1S/C11H16N2O2S/c1-15-7-3-6-13-9-5-2-4-8(9)10(16)12-11(13)14/h2-7H2,1H3,(H,12,14,16). The van der Waals surface area contributed by atoms with Gasteiger partial charge in [-0.3, -0.25) is 9.55 Å². The monoisotopic (exact) mass is 240 g/mol. The summed E-state index contributed by atoms with van der Waals surface area (Å²) in [5.41, 5.74) is 2.21. The van der Waals surface area contributed by atoms with Gasteiger partial charge in [0.1, 0.15) is 4.64 Å². The number of aromatic amines is 1. The minimum absolute atomic E-state index is 0.0817. The molecule has 0 bridgehead atoms. The van der Waals surface area contributed by atoms with Crippen molar-refractivity contribution in [3.8, 4) is 0 Å². The van der Waals surface area contributed by atoms with Crippen molar-refractivity contribution in [2.75, 3.05) is 13.7 Å². The number of nitrogens with one attached hydrogen (secondary N) is 1. The SMILES string of the molecule is COCCCn1c2c(c(=S)[nH]c1=O)CCC2. The van der Waals surface area contributed by atoms with Crippen LogP contribution in [0.3, 0.4) is 0 Å². The summed E-state index contributed by atoms with van der Waals surface area (Å²) in [7, 11) is 1.67. The molecule has 0 amide bonds. The summed E-state index contributed by atoms with van der Waals surface area (Å²) in [6.07, 6.45) is 3.92. The Kier molecular flexibility index (Phi) is 3.56. The predicted octanol–water partition coefficient (Wildman–Crippen LogP) is 1.43. The molecule has 16 heavy (non-hydrogen) atoms. The van der Waals surface area contributed by atoms with Gasteiger partial charge in [-0.05, 0) is 25.7 Å². The van der Waals surface area contributed by atoms with Crippen molar-refractivity contribution in [3.63, 3.8) is 0 Å². The van der Waals surface area contributed by atoms with Crippen LogP contribution in [0.4, 0.5) is 0 Å². The zero-order chi connectivity index (χ0) is 11.5. The van der Waals surface area contributed by atoms with Crippen LogP contribution in [0.25, 0.3) is 0 Å². The van der Waals surface area contributed by atoms with Crippen molar-refractivity contribution in [2.45, 2.75) is 32.2 Å². The van der Waals surface area contributed by atoms with Crippen LogP contribution in [0, 0.1) is 4.64 Å². The van der Waals surface area contributed by atoms with Gasteiger partial charge >= 0.3 is 5.69 Å². The molecule has 4 nitrogen and oxygen atoms in total. The molecule has 1 aliphatic carbocycles. The molecule has 0 aromatic carbocycles. The number of rotatable bonds is 4. The molecular formula is C11H16N2O2S. The fourth-order valence-corrected chi connectivity index (χ4v) is 2.54. The molecule has 1 aromatic heterocycles. The maximum atomic E-state index is 11.8. The molecule has 0 saturated carbocycles. The van der Waals surface area contributed by atoms with E-state index in [1.165, 1.54) is 0 Å². The molecule has 1 aromatic rings. The van der Waals surface area contributed by atoms with E-state index >= 15 is 0 Å². The first-order valence-corrected chi connectivity index (χ1v) is 5.98. The highest BCUT2D eigenvalue weighted by Crippen LogP contribution is 2.20. The number of hydrogen-bond donors (Lipinski definition) is 1. The van der Waals surface area contributed by atoms with E-state index in [1.807, 2.05) is 4.57 Å². The van der Waals surface area contributed by atoms with Crippen LogP contribution >= 0.6 is 12.2 Å². The van der Waals surface area contributed by atoms with Crippen molar-refractivity contribution in [3.05, 3.63) is 26.4 Å². The van der Waals surface area contributed by atoms with E-state index in [0.717, 1.165) is 36.9 Å². The lowest BCUT2D eigenvalue weighted by molar-refractivity contribution is 0.189. The van der Waals surface area contributed by atoms with Crippen molar-refractivity contribution in [1.82, 2.24) is 9.55 Å². The Morgan fingerprint density at radius 1 is 1.50 bits per heavy atom. The third kappa shape index (κ3) is 2.10. The molecule has 0 fully saturated rings. The summed E-state index contributed by atoms with van der Waals surface area (Å²) < 4.78 is 7.44. The van der Waals surface area contributed by atoms with Crippen LogP contribution in [-0.4, -0.2) is 23.3 Å². The summed E-state index contributed by atoms with van der Waals surface area (Å²) >= 11 is 5.17. The fraction of sp³-hybridized carbons (Fsp3) is 0.636. The molecule has 88 valence electrons. The van der Waals surface area contributed by atoms with Crippen LogP contribution < -0.4 is 5.69 Å². The maximum Gasteiger partial charge on any atom is 0.326 e. The van der Waals surface area contributed by atoms with Crippen LogP contribution in [0.2, 0.25) is 0 Å². The number of nitrogens with zero attached hydrogens (tertiary/aromatic N) is 1. The molecule has 0 unspecified atom stereocenters. The Balaban J connectivity index is 2.34. The van der Waals surface area contributed by atoms with Gasteiger partial charge in [0, 0.05) is 31.5 Å². The van der Waals surface area contributed by atoms with E-state index in [0.29, 0.717) is 17.8 Å². The van der Waals surface area contributed by atoms with Gasteiger partial charge in [0.25, 0.3) is 0 Å². The average Bonchev–Trinajstić information content (AvgIpc) is 2.72. The average molecular weight is 240 g/mol. The molecule has 1 aliphatic rings. The first-order chi connectivity index (χ1) is 7.74. The highest BCUT2D eigenvalue weighted by molar-refractivity contribution is 7.71. The minimum Gasteiger partial charge on any atom is -0.385 e. The van der Waals surface area contributed by atoms with Crippen LogP contribution in [0.1, 0.15) is 24.1 Å². The number of methoxy groups -OCH3 is 1. The van der Waals surface area contributed by atoms with Gasteiger partial charge in [0.2, 0.25) is 0 Å². The number of hydrogen-bond acceptors (Lipinski definition) is 3. The second-order valence-corrected chi connectivity index (χ2v) is 4.44. The number of H-pyrrole nitrogens is 1. The normalized spacial score (nSPS) is 14.1. The van der Waals surface area contributed by atoms with Crippen LogP contribution in [0.5, 0.6) is 0 Å². The van der Waals surface area contributed by atoms with Gasteiger partial charge in [0.15, 0.2) is 0 Å². The summed E-state index contributed by atoms with van der Waals surface area (Å²) in [6, 6.07) is 0. The van der Waals surface area contributed by atoms with Crippen molar-refractivity contribution < 1.29 is 4.74 Å². The highest BCUT2D eigenvalue weighted by Gasteiger charge is 2.17. The largest absolute Gasteiger partial charge is 0.385 e. The van der Waals surface area contributed by atoms with E-state index in [1.54, 1.807) is 7.11 Å². The van der Waals surface area contributed by atoms with E-state index in [-0.39, 0.29) is 5.69 Å². The minimum atomic E-state index is -0.0817. The molecule has 0 saturated heterocycles. The second kappa shape index (κ2) is 4.93. The summed E-state index contributed by atoms with van der Waals surface area (Å²) in [6.45, 7) is 1.39. The number of fused-ring (bicyclic) bond motifs is 1. The Morgan fingerprint density at radius 2 is 2.31 bits per heavy atom. The highest BCUT2D eigenvalue weighted by atomic mass is 32.1. The maximum absolute atomic E-state index is 11.8. The summed E-state index contributed by atoms with van der Waals surface area (Å²) in [5.74, 6) is 0. The van der Waals surface area contributed by atoms with E-state index < -0.39 is 0 Å². The first-order valence-electron chi connectivity index (χ1n) is 5.58. The van der Waals surface area contributed by atoms with Gasteiger partial charge in [-0.15, -0.1) is 0 Å². The van der Waals surface area contributed by atoms with E-state index in [2.05, 4.69) is 4.98 Å². The molecule has 2 rings (SSSR count). The Bertz CT molecular complexity index is 490. The van der Waals surface area contributed by atoms with Gasteiger partial charge in [-0.2, -0.15) is 0 Å². The van der Waals surface area contributed by atoms with Gasteiger partial charge in [0.05, 0.1) is 0 Å². The van der Waals surface area contributed by atoms with Crippen molar-refractivity contribution in [1.29, 1.82) is 0 Å². The molecule has 5 heteroatoms. The van der Waals surface area contributed by atoms with Gasteiger partial charge in [-0.25, -0.2) is 4.79 Å². The first kappa shape index (κ1) is 11.5. The Labute approximate surface area is 99.3 Å². The molecule has 0 atom stereocenters. The third-order valence-electron chi connectivity index (χ3n) is 2.98. The molecule has 1 heterocycles. The summed E-state index contributed by atoms with van der Waals surface area (Å²) in [4.78, 5) is 14.5. The van der Waals surface area contributed by atoms with Crippen LogP contribution in [0.15, 0.2) is 4.79 Å². The molecule has 0 aliphatic heterocycles. The smallest absolute Gasteiger partial charge is 0.326 e. The van der Waals surface area contributed by atoms with E-state index in [9.17, 15) is 4.79 Å². The van der Waals surface area contributed by atoms with Crippen molar-refractivity contribution >= 4 is 12.2 Å². The predicted molar refractivity (Wildman–Crippen MR) is 64.4 cm³/mol. The number of aromatic nitrogens is 2. The van der Waals surface area contributed by atoms with E-state index in [4.69, 9.17) is 17.0 Å². The van der Waals surface area contributed by atoms with Gasteiger partial charge < -0.3 is 4.74 Å². The Morgan fingerprint density at radius 3 is 3.06 bits per heavy atom. The summed E-state index contributed by atoms with van der Waals surface area (Å²) in [5, 5.41) is 0. The lowest BCUT2D eigenvalue weighted by Gasteiger charge is -2.11. The second-order valence-electron chi connectivity index (χ2n) is 4.04. The molecule has 1 N–H and O–H groups in total. The third-order valence-corrected chi connectivity index (χ3v) is 3.33. The zero-order valence-corrected chi connectivity index (χ0v) is 10.2. The molecular weight excluding hydrogens is 224 g/mol. The fourth-order valence-electron chi connectivity index (χ4n) is 2.24. The lowest BCUT2D eigenvalue weighted by Crippen LogP contribution is -2.27. The lowest BCUT2D eigenvalue weighted by atomic mass is 10.2. The van der Waals surface area contributed by atoms with Gasteiger partial charge in [-0.1, -0.05) is 12.2 Å². The quantitative estimate of drug-likeness (QED) is 0.640.